The number of amides is 2. The third kappa shape index (κ3) is 5.53. The van der Waals surface area contributed by atoms with Crippen molar-refractivity contribution < 1.29 is 23.9 Å². The van der Waals surface area contributed by atoms with Crippen LogP contribution in [-0.4, -0.2) is 62.7 Å². The van der Waals surface area contributed by atoms with E-state index in [0.29, 0.717) is 16.6 Å². The van der Waals surface area contributed by atoms with E-state index in [1.165, 1.54) is 15.7 Å². The minimum atomic E-state index is -0.742. The number of ether oxygens (including phenoxy) is 2. The van der Waals surface area contributed by atoms with E-state index in [2.05, 4.69) is 4.98 Å². The third-order valence-corrected chi connectivity index (χ3v) is 5.53. The molecule has 184 valence electrons. The van der Waals surface area contributed by atoms with Gasteiger partial charge in [0.15, 0.2) is 0 Å². The van der Waals surface area contributed by atoms with Crippen molar-refractivity contribution in [1.82, 2.24) is 19.4 Å². The molecule has 10 nitrogen and oxygen atoms in total. The highest BCUT2D eigenvalue weighted by atomic mass is 16.6. The summed E-state index contributed by atoms with van der Waals surface area (Å²) in [5, 5.41) is 0.323. The Morgan fingerprint density at radius 3 is 2.46 bits per heavy atom. The molecule has 0 unspecified atom stereocenters. The van der Waals surface area contributed by atoms with E-state index >= 15 is 0 Å². The third-order valence-electron chi connectivity index (χ3n) is 5.53. The fraction of sp³-hybridized carbons (Fsp3) is 0.360. The molecule has 0 spiro atoms. The van der Waals surface area contributed by atoms with Crippen LogP contribution < -0.4 is 5.56 Å². The number of hydrogen-bond donors (Lipinski definition) is 1. The second-order valence-corrected chi connectivity index (χ2v) is 9.33. The predicted molar refractivity (Wildman–Crippen MR) is 128 cm³/mol. The number of benzene rings is 1. The Hall–Kier alpha value is -4.08. The number of carbonyl (C=O) groups excluding carboxylic acids is 3. The molecule has 0 bridgehead atoms. The van der Waals surface area contributed by atoms with Gasteiger partial charge in [0.1, 0.15) is 18.8 Å². The van der Waals surface area contributed by atoms with Crippen molar-refractivity contribution >= 4 is 29.0 Å². The Labute approximate surface area is 202 Å². The number of H-pyrrole nitrogens is 1. The van der Waals surface area contributed by atoms with Crippen LogP contribution in [0, 0.1) is 0 Å². The lowest BCUT2D eigenvalue weighted by atomic mass is 10.2. The average molecular weight is 481 g/mol. The quantitative estimate of drug-likeness (QED) is 0.614. The number of aromatic nitrogens is 2. The van der Waals surface area contributed by atoms with Crippen molar-refractivity contribution in [1.29, 1.82) is 0 Å². The van der Waals surface area contributed by atoms with E-state index in [0.717, 1.165) is 5.56 Å². The lowest BCUT2D eigenvalue weighted by molar-refractivity contribution is -0.136. The van der Waals surface area contributed by atoms with Gasteiger partial charge in [0, 0.05) is 25.0 Å². The van der Waals surface area contributed by atoms with Crippen molar-refractivity contribution in [3.8, 4) is 0 Å². The van der Waals surface area contributed by atoms with Gasteiger partial charge in [-0.05, 0) is 38.5 Å². The topological polar surface area (TPSA) is 114 Å². The molecule has 0 atom stereocenters. The molecule has 0 radical (unpaired) electrons. The van der Waals surface area contributed by atoms with Gasteiger partial charge in [-0.25, -0.2) is 14.2 Å². The zero-order valence-corrected chi connectivity index (χ0v) is 19.9. The van der Waals surface area contributed by atoms with Gasteiger partial charge < -0.3 is 19.4 Å². The van der Waals surface area contributed by atoms with E-state index in [9.17, 15) is 19.2 Å². The highest BCUT2D eigenvalue weighted by Crippen LogP contribution is 2.21. The maximum atomic E-state index is 13.0. The molecule has 3 aromatic rings. The zero-order chi connectivity index (χ0) is 25.2. The van der Waals surface area contributed by atoms with Crippen molar-refractivity contribution in [2.45, 2.75) is 39.5 Å². The van der Waals surface area contributed by atoms with E-state index < -0.39 is 17.8 Å². The van der Waals surface area contributed by atoms with E-state index in [-0.39, 0.29) is 44.3 Å². The number of aromatic amines is 1. The number of rotatable bonds is 4. The maximum Gasteiger partial charge on any atom is 0.419 e. The molecule has 35 heavy (non-hydrogen) atoms. The molecule has 1 aliphatic heterocycles. The van der Waals surface area contributed by atoms with Gasteiger partial charge in [-0.15, -0.1) is 0 Å². The summed E-state index contributed by atoms with van der Waals surface area (Å²) in [6, 6.07) is 12.5. The van der Waals surface area contributed by atoms with Gasteiger partial charge in [-0.1, -0.05) is 30.3 Å². The molecule has 4 rings (SSSR count). The van der Waals surface area contributed by atoms with Gasteiger partial charge in [0.05, 0.1) is 17.4 Å². The first-order chi connectivity index (χ1) is 16.6. The van der Waals surface area contributed by atoms with E-state index in [4.69, 9.17) is 9.47 Å². The first kappa shape index (κ1) is 24.1. The zero-order valence-electron chi connectivity index (χ0n) is 19.9. The normalized spacial score (nSPS) is 14.3. The second kappa shape index (κ2) is 9.65. The van der Waals surface area contributed by atoms with Crippen LogP contribution in [0.4, 0.5) is 9.59 Å². The molecule has 0 saturated carbocycles. The van der Waals surface area contributed by atoms with Gasteiger partial charge in [0.2, 0.25) is 5.91 Å². The summed E-state index contributed by atoms with van der Waals surface area (Å²) in [6.45, 7) is 5.87. The maximum absolute atomic E-state index is 13.0. The van der Waals surface area contributed by atoms with E-state index in [1.807, 2.05) is 30.3 Å². The van der Waals surface area contributed by atoms with Crippen molar-refractivity contribution in [2.24, 2.45) is 0 Å². The Balaban J connectivity index is 1.48. The second-order valence-electron chi connectivity index (χ2n) is 9.33. The molecule has 2 aromatic heterocycles. The van der Waals surface area contributed by atoms with E-state index in [1.54, 1.807) is 37.8 Å². The van der Waals surface area contributed by atoms with Gasteiger partial charge in [-0.3, -0.25) is 14.5 Å². The molecule has 1 N–H and O–H groups in total. The van der Waals surface area contributed by atoms with Crippen molar-refractivity contribution in [3.63, 3.8) is 0 Å². The minimum Gasteiger partial charge on any atom is -0.445 e. The van der Waals surface area contributed by atoms with Gasteiger partial charge in [0.25, 0.3) is 5.56 Å². The van der Waals surface area contributed by atoms with Crippen LogP contribution >= 0.6 is 0 Å². The smallest absolute Gasteiger partial charge is 0.419 e. The Morgan fingerprint density at radius 1 is 1.03 bits per heavy atom. The summed E-state index contributed by atoms with van der Waals surface area (Å²) in [5.74, 6) is -0.289. The summed E-state index contributed by atoms with van der Waals surface area (Å²) < 4.78 is 12.2. The number of piperazine rings is 1. The summed E-state index contributed by atoms with van der Waals surface area (Å²) >= 11 is 0. The molecule has 10 heteroatoms. The van der Waals surface area contributed by atoms with Crippen LogP contribution in [0.1, 0.15) is 32.0 Å². The monoisotopic (exact) mass is 480 g/mol. The fourth-order valence-corrected chi connectivity index (χ4v) is 3.88. The molecule has 3 heterocycles. The predicted octanol–water partition coefficient (Wildman–Crippen LogP) is 3.09. The largest absolute Gasteiger partial charge is 0.445 e. The molecular formula is C25H28N4O6. The summed E-state index contributed by atoms with van der Waals surface area (Å²) in [6.07, 6.45) is 0.264. The molecule has 1 aliphatic rings. The Bertz CT molecular complexity index is 1300. The van der Waals surface area contributed by atoms with Gasteiger partial charge in [-0.2, -0.15) is 0 Å². The summed E-state index contributed by atoms with van der Waals surface area (Å²) in [7, 11) is 0. The first-order valence-corrected chi connectivity index (χ1v) is 11.3. The molecule has 1 aromatic carbocycles. The summed E-state index contributed by atoms with van der Waals surface area (Å²) in [5.41, 5.74) is 0.611. The van der Waals surface area contributed by atoms with Crippen LogP contribution in [0.5, 0.6) is 0 Å². The Kier molecular flexibility index (Phi) is 6.63. The highest BCUT2D eigenvalue weighted by molar-refractivity contribution is 5.90. The molecular weight excluding hydrogens is 452 g/mol. The highest BCUT2D eigenvalue weighted by Gasteiger charge is 2.30. The number of carbonyl (C=O) groups is 3. The van der Waals surface area contributed by atoms with Crippen LogP contribution in [0.2, 0.25) is 0 Å². The minimum absolute atomic E-state index is 0.0824. The van der Waals surface area contributed by atoms with Crippen LogP contribution in [0.15, 0.2) is 53.5 Å². The number of pyridine rings is 1. The number of hydrogen-bond acceptors (Lipinski definition) is 6. The van der Waals surface area contributed by atoms with Crippen molar-refractivity contribution in [3.05, 3.63) is 70.3 Å². The summed E-state index contributed by atoms with van der Waals surface area (Å²) in [4.78, 5) is 56.1. The molecule has 0 aliphatic carbocycles. The fourth-order valence-electron chi connectivity index (χ4n) is 3.88. The molecule has 2 amide bonds. The number of nitrogens with one attached hydrogen (secondary N) is 1. The number of fused-ring (bicyclic) bond motifs is 1. The molecule has 1 fully saturated rings. The van der Waals surface area contributed by atoms with Crippen LogP contribution in [-0.2, 0) is 27.4 Å². The first-order valence-electron chi connectivity index (χ1n) is 11.3. The van der Waals surface area contributed by atoms with Crippen molar-refractivity contribution in [2.75, 3.05) is 19.6 Å². The van der Waals surface area contributed by atoms with Crippen LogP contribution in [0.25, 0.3) is 10.9 Å². The lowest BCUT2D eigenvalue weighted by Gasteiger charge is -2.33. The SMILES string of the molecule is CC(C)(C)OC(=O)n1c(CN2CCN(C(=O)OCc3ccccc3)CC2=O)cc2c(=O)[nH]ccc21. The number of nitrogens with zero attached hydrogens (tertiary/aromatic N) is 3. The standard InChI is InChI=1S/C25H28N4O6/c1-25(2,3)35-24(33)29-18(13-19-20(29)9-10-26-22(19)31)14-27-11-12-28(15-21(27)30)23(32)34-16-17-7-5-4-6-8-17/h4-10,13H,11-12,14-16H2,1-3H3,(H,26,31). The molecule has 1 saturated heterocycles. The Morgan fingerprint density at radius 2 is 1.77 bits per heavy atom. The average Bonchev–Trinajstić information content (AvgIpc) is 3.18. The van der Waals surface area contributed by atoms with Gasteiger partial charge >= 0.3 is 12.2 Å². The van der Waals surface area contributed by atoms with Crippen LogP contribution in [0.3, 0.4) is 0 Å². The lowest BCUT2D eigenvalue weighted by Crippen LogP contribution is -2.52.